The first-order valence-electron chi connectivity index (χ1n) is 6.84. The van der Waals surface area contributed by atoms with Gasteiger partial charge in [0, 0.05) is 32.2 Å². The van der Waals surface area contributed by atoms with Crippen LogP contribution in [0.4, 0.5) is 5.82 Å². The Bertz CT molecular complexity index is 624. The Labute approximate surface area is 122 Å². The van der Waals surface area contributed by atoms with E-state index in [9.17, 15) is 14.9 Å². The number of aromatic amines is 1. The van der Waals surface area contributed by atoms with Crippen LogP contribution in [0, 0.1) is 11.3 Å². The fourth-order valence-electron chi connectivity index (χ4n) is 2.30. The van der Waals surface area contributed by atoms with Crippen molar-refractivity contribution in [1.82, 2.24) is 9.88 Å². The lowest BCUT2D eigenvalue weighted by Crippen LogP contribution is -2.45. The molecule has 1 aromatic rings. The molecule has 1 saturated heterocycles. The number of hydrogen-bond donors (Lipinski definition) is 1. The second kappa shape index (κ2) is 6.41. The normalized spacial score (nSPS) is 15.6. The molecule has 1 aliphatic heterocycles. The predicted molar refractivity (Wildman–Crippen MR) is 77.4 cm³/mol. The molecule has 21 heavy (non-hydrogen) atoms. The molecule has 0 spiro atoms. The molecule has 0 aliphatic carbocycles. The van der Waals surface area contributed by atoms with Crippen LogP contribution in [0.5, 0.6) is 0 Å². The minimum absolute atomic E-state index is 0.0250. The minimum atomic E-state index is -0.643. The van der Waals surface area contributed by atoms with E-state index in [1.165, 1.54) is 0 Å². The maximum absolute atomic E-state index is 11.9. The average molecular weight is 290 g/mol. The molecular formula is C14H18N4O3. The van der Waals surface area contributed by atoms with Gasteiger partial charge in [0.05, 0.1) is 12.2 Å². The standard InChI is InChI=1S/C14H18N4O3/c1-3-21-14(20)10-8-12(19)16-13(11(10)9-15)18-6-4-17(2)5-7-18/h8H,3-7H2,1-2H3,(H,16,19). The van der Waals surface area contributed by atoms with E-state index in [-0.39, 0.29) is 17.7 Å². The zero-order chi connectivity index (χ0) is 15.4. The van der Waals surface area contributed by atoms with Crippen LogP contribution in [-0.2, 0) is 4.74 Å². The summed E-state index contributed by atoms with van der Waals surface area (Å²) in [6, 6.07) is 3.13. The number of aromatic nitrogens is 1. The highest BCUT2D eigenvalue weighted by molar-refractivity contribution is 5.93. The maximum Gasteiger partial charge on any atom is 0.339 e. The van der Waals surface area contributed by atoms with Gasteiger partial charge in [0.1, 0.15) is 17.5 Å². The van der Waals surface area contributed by atoms with Crippen molar-refractivity contribution < 1.29 is 9.53 Å². The molecule has 0 bridgehead atoms. The van der Waals surface area contributed by atoms with Crippen molar-refractivity contribution in [3.63, 3.8) is 0 Å². The monoisotopic (exact) mass is 290 g/mol. The molecule has 7 nitrogen and oxygen atoms in total. The third-order valence-corrected chi connectivity index (χ3v) is 3.45. The Balaban J connectivity index is 2.44. The molecule has 1 N–H and O–H groups in total. The highest BCUT2D eigenvalue weighted by atomic mass is 16.5. The predicted octanol–water partition coefficient (Wildman–Crippen LogP) is 0.175. The van der Waals surface area contributed by atoms with Crippen LogP contribution >= 0.6 is 0 Å². The van der Waals surface area contributed by atoms with E-state index in [2.05, 4.69) is 9.88 Å². The van der Waals surface area contributed by atoms with Crippen LogP contribution in [0.1, 0.15) is 22.8 Å². The Hall–Kier alpha value is -2.33. The van der Waals surface area contributed by atoms with Crippen molar-refractivity contribution in [3.8, 4) is 6.07 Å². The summed E-state index contributed by atoms with van der Waals surface area (Å²) in [4.78, 5) is 30.4. The summed E-state index contributed by atoms with van der Waals surface area (Å²) < 4.78 is 4.92. The number of ether oxygens (including phenoxy) is 1. The summed E-state index contributed by atoms with van der Waals surface area (Å²) in [5, 5.41) is 9.37. The zero-order valence-corrected chi connectivity index (χ0v) is 12.2. The zero-order valence-electron chi connectivity index (χ0n) is 12.2. The molecule has 2 heterocycles. The lowest BCUT2D eigenvalue weighted by atomic mass is 10.1. The summed E-state index contributed by atoms with van der Waals surface area (Å²) in [6.07, 6.45) is 0. The van der Waals surface area contributed by atoms with Crippen LogP contribution in [0.15, 0.2) is 10.9 Å². The van der Waals surface area contributed by atoms with Gasteiger partial charge < -0.3 is 19.5 Å². The third-order valence-electron chi connectivity index (χ3n) is 3.45. The Morgan fingerprint density at radius 1 is 1.43 bits per heavy atom. The quantitative estimate of drug-likeness (QED) is 0.798. The molecule has 2 rings (SSSR count). The van der Waals surface area contributed by atoms with E-state index in [1.54, 1.807) is 6.92 Å². The fraction of sp³-hybridized carbons (Fsp3) is 0.500. The molecule has 7 heteroatoms. The largest absolute Gasteiger partial charge is 0.462 e. The number of rotatable bonds is 3. The molecule has 1 fully saturated rings. The maximum atomic E-state index is 11.9. The van der Waals surface area contributed by atoms with Gasteiger partial charge in [-0.15, -0.1) is 0 Å². The first-order valence-corrected chi connectivity index (χ1v) is 6.84. The number of carbonyl (C=O) groups is 1. The van der Waals surface area contributed by atoms with Crippen molar-refractivity contribution in [3.05, 3.63) is 27.5 Å². The van der Waals surface area contributed by atoms with Gasteiger partial charge in [-0.25, -0.2) is 4.79 Å². The molecule has 0 aromatic carbocycles. The van der Waals surface area contributed by atoms with Gasteiger partial charge >= 0.3 is 5.97 Å². The number of carbonyl (C=O) groups excluding carboxylic acids is 1. The van der Waals surface area contributed by atoms with Gasteiger partial charge in [0.25, 0.3) is 0 Å². The number of piperazine rings is 1. The number of nitrogens with one attached hydrogen (secondary N) is 1. The van der Waals surface area contributed by atoms with Gasteiger partial charge in [0.15, 0.2) is 0 Å². The van der Waals surface area contributed by atoms with Crippen LogP contribution in [0.2, 0.25) is 0 Å². The average Bonchev–Trinajstić information content (AvgIpc) is 2.47. The molecule has 0 radical (unpaired) electrons. The summed E-state index contributed by atoms with van der Waals surface area (Å²) in [6.45, 7) is 4.91. The first kappa shape index (κ1) is 15.1. The molecule has 0 amide bonds. The lowest BCUT2D eigenvalue weighted by Gasteiger charge is -2.34. The number of nitriles is 1. The Morgan fingerprint density at radius 3 is 2.67 bits per heavy atom. The number of hydrogen-bond acceptors (Lipinski definition) is 6. The van der Waals surface area contributed by atoms with Crippen molar-refractivity contribution in [1.29, 1.82) is 5.26 Å². The summed E-state index contributed by atoms with van der Waals surface area (Å²) in [5.41, 5.74) is -0.222. The topological polar surface area (TPSA) is 89.4 Å². The van der Waals surface area contributed by atoms with E-state index >= 15 is 0 Å². The van der Waals surface area contributed by atoms with Crippen molar-refractivity contribution >= 4 is 11.8 Å². The summed E-state index contributed by atoms with van der Waals surface area (Å²) in [7, 11) is 2.01. The van der Waals surface area contributed by atoms with Crippen molar-refractivity contribution in [2.24, 2.45) is 0 Å². The van der Waals surface area contributed by atoms with E-state index < -0.39 is 11.5 Å². The minimum Gasteiger partial charge on any atom is -0.462 e. The molecule has 0 saturated carbocycles. The van der Waals surface area contributed by atoms with Crippen molar-refractivity contribution in [2.45, 2.75) is 6.92 Å². The van der Waals surface area contributed by atoms with Crippen LogP contribution in [-0.4, -0.2) is 55.7 Å². The van der Waals surface area contributed by atoms with Gasteiger partial charge in [-0.1, -0.05) is 0 Å². The molecule has 1 aliphatic rings. The molecule has 0 unspecified atom stereocenters. The molecular weight excluding hydrogens is 272 g/mol. The van der Waals surface area contributed by atoms with Crippen molar-refractivity contribution in [2.75, 3.05) is 44.7 Å². The first-order chi connectivity index (χ1) is 10.1. The fourth-order valence-corrected chi connectivity index (χ4v) is 2.30. The van der Waals surface area contributed by atoms with E-state index in [0.717, 1.165) is 19.2 Å². The van der Waals surface area contributed by atoms with E-state index in [4.69, 9.17) is 4.74 Å². The number of nitrogens with zero attached hydrogens (tertiary/aromatic N) is 3. The van der Waals surface area contributed by atoms with Gasteiger partial charge in [0.2, 0.25) is 5.56 Å². The third kappa shape index (κ3) is 3.23. The molecule has 1 aromatic heterocycles. The Kier molecular flexibility index (Phi) is 4.60. The van der Waals surface area contributed by atoms with Gasteiger partial charge in [-0.05, 0) is 14.0 Å². The number of pyridine rings is 1. The van der Waals surface area contributed by atoms with Crippen LogP contribution < -0.4 is 10.5 Å². The number of H-pyrrole nitrogens is 1. The highest BCUT2D eigenvalue weighted by Gasteiger charge is 2.23. The second-order valence-electron chi connectivity index (χ2n) is 4.89. The number of anilines is 1. The number of likely N-dealkylation sites (N-methyl/N-ethyl adjacent to an activating group) is 1. The summed E-state index contributed by atoms with van der Waals surface area (Å²) in [5.74, 6) is -0.239. The summed E-state index contributed by atoms with van der Waals surface area (Å²) >= 11 is 0. The van der Waals surface area contributed by atoms with Crippen LogP contribution in [0.25, 0.3) is 0 Å². The molecule has 0 atom stereocenters. The highest BCUT2D eigenvalue weighted by Crippen LogP contribution is 2.21. The SMILES string of the molecule is CCOC(=O)c1cc(=O)[nH]c(N2CCN(C)CC2)c1C#N. The molecule has 112 valence electrons. The second-order valence-corrected chi connectivity index (χ2v) is 4.89. The number of esters is 1. The lowest BCUT2D eigenvalue weighted by molar-refractivity contribution is 0.0525. The van der Waals surface area contributed by atoms with E-state index in [1.807, 2.05) is 18.0 Å². The smallest absolute Gasteiger partial charge is 0.339 e. The van der Waals surface area contributed by atoms with Crippen LogP contribution in [0.3, 0.4) is 0 Å². The van der Waals surface area contributed by atoms with E-state index in [0.29, 0.717) is 18.9 Å². The van der Waals surface area contributed by atoms with Gasteiger partial charge in [-0.3, -0.25) is 4.79 Å². The van der Waals surface area contributed by atoms with Gasteiger partial charge in [-0.2, -0.15) is 5.26 Å². The Morgan fingerprint density at radius 2 is 2.10 bits per heavy atom.